The maximum Gasteiger partial charge on any atom is 0.163 e. The van der Waals surface area contributed by atoms with Crippen LogP contribution in [0.1, 0.15) is 30.7 Å². The highest BCUT2D eigenvalue weighted by atomic mass is 35.5. The summed E-state index contributed by atoms with van der Waals surface area (Å²) in [6, 6.07) is 6.30. The highest BCUT2D eigenvalue weighted by Gasteiger charge is 2.21. The average molecular weight is 307 g/mol. The molecule has 6 heteroatoms. The zero-order valence-electron chi connectivity index (χ0n) is 12.1. The minimum Gasteiger partial charge on any atom is -0.280 e. The first-order valence-electron chi connectivity index (χ1n) is 6.87. The lowest BCUT2D eigenvalue weighted by atomic mass is 10.3. The van der Waals surface area contributed by atoms with Crippen molar-refractivity contribution in [3.63, 3.8) is 0 Å². The molecular weight excluding hydrogens is 291 g/mol. The maximum atomic E-state index is 13.2. The lowest BCUT2D eigenvalue weighted by molar-refractivity contribution is 0.627. The van der Waals surface area contributed by atoms with Crippen molar-refractivity contribution in [3.05, 3.63) is 41.6 Å². The van der Waals surface area contributed by atoms with Crippen LogP contribution in [0, 0.1) is 5.82 Å². The number of alkyl halides is 1. The third-order valence-corrected chi connectivity index (χ3v) is 3.70. The highest BCUT2D eigenvalue weighted by Crippen LogP contribution is 2.29. The van der Waals surface area contributed by atoms with E-state index in [0.717, 1.165) is 34.8 Å². The Balaban J connectivity index is 2.35. The molecule has 21 heavy (non-hydrogen) atoms. The van der Waals surface area contributed by atoms with Crippen LogP contribution in [0.25, 0.3) is 16.9 Å². The molecule has 0 radical (unpaired) electrons. The number of fused-ring (bicyclic) bond motifs is 1. The zero-order chi connectivity index (χ0) is 15.1. The summed E-state index contributed by atoms with van der Waals surface area (Å²) >= 11 is 6.28. The fourth-order valence-corrected chi connectivity index (χ4v) is 2.69. The van der Waals surface area contributed by atoms with Crippen LogP contribution in [0.15, 0.2) is 24.3 Å². The van der Waals surface area contributed by atoms with Crippen molar-refractivity contribution in [1.29, 1.82) is 0 Å². The summed E-state index contributed by atoms with van der Waals surface area (Å²) in [4.78, 5) is 4.66. The van der Waals surface area contributed by atoms with Crippen LogP contribution in [0.4, 0.5) is 4.39 Å². The number of imidazole rings is 1. The Morgan fingerprint density at radius 2 is 1.95 bits per heavy atom. The molecule has 1 atom stereocenters. The number of aryl methyl sites for hydroxylation is 2. The molecule has 0 N–H and O–H groups in total. The summed E-state index contributed by atoms with van der Waals surface area (Å²) in [5.41, 5.74) is 3.49. The number of benzene rings is 1. The molecule has 3 aromatic rings. The van der Waals surface area contributed by atoms with Gasteiger partial charge in [-0.05, 0) is 37.6 Å². The first-order chi connectivity index (χ1) is 10.0. The van der Waals surface area contributed by atoms with E-state index in [1.807, 2.05) is 25.5 Å². The Morgan fingerprint density at radius 3 is 2.52 bits per heavy atom. The SMILES string of the molecule is CCc1nn(C)c2c1nc(C(C)Cl)n2-c1ccc(F)cc1. The normalized spacial score (nSPS) is 13.0. The van der Waals surface area contributed by atoms with Gasteiger partial charge in [0.15, 0.2) is 5.65 Å². The fraction of sp³-hybridized carbons (Fsp3) is 0.333. The van der Waals surface area contributed by atoms with Gasteiger partial charge in [-0.3, -0.25) is 4.57 Å². The van der Waals surface area contributed by atoms with Crippen LogP contribution >= 0.6 is 11.6 Å². The minimum atomic E-state index is -0.269. The van der Waals surface area contributed by atoms with Gasteiger partial charge in [0, 0.05) is 12.7 Å². The predicted octanol–water partition coefficient (Wildman–Crippen LogP) is 3.76. The number of hydrogen-bond donors (Lipinski definition) is 0. The largest absolute Gasteiger partial charge is 0.280 e. The minimum absolute atomic E-state index is 0.257. The van der Waals surface area contributed by atoms with E-state index in [1.165, 1.54) is 12.1 Å². The van der Waals surface area contributed by atoms with Gasteiger partial charge >= 0.3 is 0 Å². The zero-order valence-corrected chi connectivity index (χ0v) is 12.9. The van der Waals surface area contributed by atoms with Gasteiger partial charge < -0.3 is 0 Å². The quantitative estimate of drug-likeness (QED) is 0.691. The van der Waals surface area contributed by atoms with Gasteiger partial charge in [-0.1, -0.05) is 6.92 Å². The molecule has 0 amide bonds. The second-order valence-corrected chi connectivity index (χ2v) is 5.65. The molecule has 4 nitrogen and oxygen atoms in total. The van der Waals surface area contributed by atoms with Gasteiger partial charge in [0.2, 0.25) is 0 Å². The van der Waals surface area contributed by atoms with Gasteiger partial charge in [0.05, 0.1) is 11.1 Å². The van der Waals surface area contributed by atoms with Crippen LogP contribution < -0.4 is 0 Å². The molecule has 0 spiro atoms. The summed E-state index contributed by atoms with van der Waals surface area (Å²) < 4.78 is 16.9. The summed E-state index contributed by atoms with van der Waals surface area (Å²) in [5, 5.41) is 4.23. The van der Waals surface area contributed by atoms with Gasteiger partial charge in [-0.2, -0.15) is 5.10 Å². The number of nitrogens with zero attached hydrogens (tertiary/aromatic N) is 4. The van der Waals surface area contributed by atoms with Crippen molar-refractivity contribution in [2.45, 2.75) is 25.6 Å². The second-order valence-electron chi connectivity index (χ2n) is 4.99. The van der Waals surface area contributed by atoms with Crippen LogP contribution in [-0.2, 0) is 13.5 Å². The molecular formula is C15H16ClFN4. The van der Waals surface area contributed by atoms with Crippen LogP contribution in [0.3, 0.4) is 0 Å². The van der Waals surface area contributed by atoms with Crippen molar-refractivity contribution in [2.24, 2.45) is 7.05 Å². The molecule has 0 aliphatic carbocycles. The summed E-state index contributed by atoms with van der Waals surface area (Å²) in [5.74, 6) is 0.468. The third kappa shape index (κ3) is 2.21. The van der Waals surface area contributed by atoms with E-state index >= 15 is 0 Å². The molecule has 3 rings (SSSR count). The maximum absolute atomic E-state index is 13.2. The number of aromatic nitrogens is 4. The summed E-state index contributed by atoms with van der Waals surface area (Å²) in [6.45, 7) is 3.92. The van der Waals surface area contributed by atoms with Crippen molar-refractivity contribution >= 4 is 22.8 Å². The standard InChI is InChI=1S/C15H16ClFN4/c1-4-12-13-15(20(3)19-12)21(14(18-13)9(2)16)11-7-5-10(17)6-8-11/h5-9H,4H2,1-3H3. The second kappa shape index (κ2) is 5.15. The van der Waals surface area contributed by atoms with Crippen molar-refractivity contribution < 1.29 is 4.39 Å². The van der Waals surface area contributed by atoms with Crippen molar-refractivity contribution in [1.82, 2.24) is 19.3 Å². The Kier molecular flexibility index (Phi) is 3.45. The van der Waals surface area contributed by atoms with Crippen molar-refractivity contribution in [3.8, 4) is 5.69 Å². The molecule has 110 valence electrons. The molecule has 1 unspecified atom stereocenters. The lowest BCUT2D eigenvalue weighted by Crippen LogP contribution is -2.06. The van der Waals surface area contributed by atoms with Crippen molar-refractivity contribution in [2.75, 3.05) is 0 Å². The number of rotatable bonds is 3. The molecule has 0 fully saturated rings. The third-order valence-electron chi connectivity index (χ3n) is 3.51. The van der Waals surface area contributed by atoms with Gasteiger partial charge in [-0.15, -0.1) is 11.6 Å². The fourth-order valence-electron chi connectivity index (χ4n) is 2.55. The Hall–Kier alpha value is -1.88. The van der Waals surface area contributed by atoms with Gasteiger partial charge in [0.25, 0.3) is 0 Å². The molecule has 1 aromatic carbocycles. The smallest absolute Gasteiger partial charge is 0.163 e. The summed E-state index contributed by atoms with van der Waals surface area (Å²) in [7, 11) is 1.88. The predicted molar refractivity (Wildman–Crippen MR) is 81.4 cm³/mol. The average Bonchev–Trinajstić information content (AvgIpc) is 2.98. The number of hydrogen-bond acceptors (Lipinski definition) is 2. The Labute approximate surface area is 127 Å². The first kappa shape index (κ1) is 14.1. The molecule has 2 heterocycles. The van der Waals surface area contributed by atoms with Crippen LogP contribution in [-0.4, -0.2) is 19.3 Å². The summed E-state index contributed by atoms with van der Waals surface area (Å²) in [6.07, 6.45) is 0.799. The van der Waals surface area contributed by atoms with E-state index in [4.69, 9.17) is 11.6 Å². The Morgan fingerprint density at radius 1 is 1.29 bits per heavy atom. The monoisotopic (exact) mass is 306 g/mol. The molecule has 0 aliphatic rings. The first-order valence-corrected chi connectivity index (χ1v) is 7.30. The van der Waals surface area contributed by atoms with E-state index < -0.39 is 0 Å². The van der Waals surface area contributed by atoms with E-state index in [2.05, 4.69) is 10.1 Å². The van der Waals surface area contributed by atoms with E-state index in [-0.39, 0.29) is 11.2 Å². The molecule has 0 aliphatic heterocycles. The molecule has 0 saturated carbocycles. The molecule has 0 bridgehead atoms. The van der Waals surface area contributed by atoms with Crippen LogP contribution in [0.2, 0.25) is 0 Å². The molecule has 0 saturated heterocycles. The van der Waals surface area contributed by atoms with Gasteiger partial charge in [0.1, 0.15) is 17.2 Å². The van der Waals surface area contributed by atoms with E-state index in [1.54, 1.807) is 16.8 Å². The van der Waals surface area contributed by atoms with E-state index in [9.17, 15) is 4.39 Å². The highest BCUT2D eigenvalue weighted by molar-refractivity contribution is 6.20. The van der Waals surface area contributed by atoms with Crippen LogP contribution in [0.5, 0.6) is 0 Å². The topological polar surface area (TPSA) is 35.6 Å². The lowest BCUT2D eigenvalue weighted by Gasteiger charge is -2.11. The van der Waals surface area contributed by atoms with E-state index in [0.29, 0.717) is 0 Å². The molecule has 2 aromatic heterocycles. The van der Waals surface area contributed by atoms with Gasteiger partial charge in [-0.25, -0.2) is 14.1 Å². The Bertz CT molecular complexity index is 786. The number of halogens is 2.